The molecule has 0 aliphatic rings. The minimum absolute atomic E-state index is 0.113. The van der Waals surface area contributed by atoms with E-state index in [1.807, 2.05) is 19.2 Å². The summed E-state index contributed by atoms with van der Waals surface area (Å²) < 4.78 is 10.4. The molecule has 0 saturated carbocycles. The summed E-state index contributed by atoms with van der Waals surface area (Å²) in [5.74, 6) is 0.834. The number of anilines is 1. The highest BCUT2D eigenvalue weighted by molar-refractivity contribution is 5.26. The molecule has 0 atom stereocenters. The Morgan fingerprint density at radius 1 is 1.47 bits per heavy atom. The fourth-order valence-electron chi connectivity index (χ4n) is 1.25. The molecule has 2 rings (SSSR count). The highest BCUT2D eigenvalue weighted by Crippen LogP contribution is 2.14. The number of rotatable bonds is 4. The van der Waals surface area contributed by atoms with Crippen LogP contribution in [0.25, 0.3) is 0 Å². The summed E-state index contributed by atoms with van der Waals surface area (Å²) in [6, 6.07) is 4.18. The van der Waals surface area contributed by atoms with E-state index in [0.717, 1.165) is 5.76 Å². The highest BCUT2D eigenvalue weighted by Gasteiger charge is 2.09. The van der Waals surface area contributed by atoms with E-state index >= 15 is 0 Å². The van der Waals surface area contributed by atoms with Gasteiger partial charge in [0, 0.05) is 7.05 Å². The SMILES string of the molecule is CN(Cc1ccco1)c1nc(CO)co1. The number of oxazole rings is 1. The van der Waals surface area contributed by atoms with Crippen molar-refractivity contribution >= 4 is 6.01 Å². The molecule has 0 fully saturated rings. The number of aliphatic hydroxyl groups excluding tert-OH is 1. The molecule has 15 heavy (non-hydrogen) atoms. The normalized spacial score (nSPS) is 10.5. The molecule has 5 nitrogen and oxygen atoms in total. The van der Waals surface area contributed by atoms with Gasteiger partial charge in [-0.05, 0) is 12.1 Å². The van der Waals surface area contributed by atoms with Crippen molar-refractivity contribution in [3.63, 3.8) is 0 Å². The van der Waals surface area contributed by atoms with E-state index < -0.39 is 0 Å². The van der Waals surface area contributed by atoms with Crippen LogP contribution in [0.1, 0.15) is 11.5 Å². The van der Waals surface area contributed by atoms with Gasteiger partial charge in [0.25, 0.3) is 6.01 Å². The Labute approximate surface area is 86.9 Å². The Bertz CT molecular complexity index is 408. The van der Waals surface area contributed by atoms with Crippen molar-refractivity contribution in [3.05, 3.63) is 36.1 Å². The van der Waals surface area contributed by atoms with Crippen LogP contribution in [-0.4, -0.2) is 17.1 Å². The molecule has 0 spiro atoms. The van der Waals surface area contributed by atoms with Crippen molar-refractivity contribution < 1.29 is 13.9 Å². The first kappa shape index (κ1) is 9.79. The summed E-state index contributed by atoms with van der Waals surface area (Å²) in [5, 5.41) is 8.83. The van der Waals surface area contributed by atoms with E-state index in [1.54, 1.807) is 11.2 Å². The second kappa shape index (κ2) is 4.18. The second-order valence-corrected chi connectivity index (χ2v) is 3.21. The number of nitrogens with zero attached hydrogens (tertiary/aromatic N) is 2. The fraction of sp³-hybridized carbons (Fsp3) is 0.300. The first-order chi connectivity index (χ1) is 7.29. The van der Waals surface area contributed by atoms with E-state index in [1.165, 1.54) is 6.26 Å². The topological polar surface area (TPSA) is 62.6 Å². The lowest BCUT2D eigenvalue weighted by atomic mass is 10.4. The van der Waals surface area contributed by atoms with Gasteiger partial charge in [-0.2, -0.15) is 4.98 Å². The van der Waals surface area contributed by atoms with Crippen LogP contribution < -0.4 is 4.90 Å². The van der Waals surface area contributed by atoms with Crippen molar-refractivity contribution in [2.75, 3.05) is 11.9 Å². The number of aromatic nitrogens is 1. The Hall–Kier alpha value is -1.75. The molecule has 0 saturated heterocycles. The molecule has 0 bridgehead atoms. The van der Waals surface area contributed by atoms with Gasteiger partial charge in [0.05, 0.1) is 19.4 Å². The first-order valence-electron chi connectivity index (χ1n) is 4.58. The standard InChI is InChI=1S/C10H12N2O3/c1-12(5-9-3-2-4-14-9)10-11-8(6-13)7-15-10/h2-4,7,13H,5-6H2,1H3. The van der Waals surface area contributed by atoms with Crippen molar-refractivity contribution in [3.8, 4) is 0 Å². The van der Waals surface area contributed by atoms with Crippen LogP contribution in [0.3, 0.4) is 0 Å². The summed E-state index contributed by atoms with van der Waals surface area (Å²) in [5.41, 5.74) is 0.524. The smallest absolute Gasteiger partial charge is 0.297 e. The van der Waals surface area contributed by atoms with Gasteiger partial charge in [-0.15, -0.1) is 0 Å². The molecule has 2 aromatic heterocycles. The zero-order valence-electron chi connectivity index (χ0n) is 8.38. The Kier molecular flexibility index (Phi) is 2.73. The lowest BCUT2D eigenvalue weighted by molar-refractivity contribution is 0.276. The lowest BCUT2D eigenvalue weighted by Gasteiger charge is -2.11. The maximum atomic E-state index is 8.83. The third kappa shape index (κ3) is 2.19. The monoisotopic (exact) mass is 208 g/mol. The van der Waals surface area contributed by atoms with Gasteiger partial charge in [0.1, 0.15) is 17.7 Å². The molecule has 0 aliphatic carbocycles. The lowest BCUT2D eigenvalue weighted by Crippen LogP contribution is -2.16. The quantitative estimate of drug-likeness (QED) is 0.822. The van der Waals surface area contributed by atoms with Gasteiger partial charge in [-0.25, -0.2) is 0 Å². The molecule has 0 aliphatic heterocycles. The Balaban J connectivity index is 2.04. The average Bonchev–Trinajstić information content (AvgIpc) is 2.86. The molecule has 80 valence electrons. The molecule has 0 radical (unpaired) electrons. The van der Waals surface area contributed by atoms with Crippen LogP contribution in [0.15, 0.2) is 33.5 Å². The molecule has 0 unspecified atom stereocenters. The molecular weight excluding hydrogens is 196 g/mol. The van der Waals surface area contributed by atoms with Gasteiger partial charge >= 0.3 is 0 Å². The van der Waals surface area contributed by atoms with Crippen LogP contribution in [0.5, 0.6) is 0 Å². The average molecular weight is 208 g/mol. The number of hydrogen-bond acceptors (Lipinski definition) is 5. The Morgan fingerprint density at radius 3 is 2.93 bits per heavy atom. The largest absolute Gasteiger partial charge is 0.467 e. The van der Waals surface area contributed by atoms with Crippen molar-refractivity contribution in [1.29, 1.82) is 0 Å². The Morgan fingerprint density at radius 2 is 2.33 bits per heavy atom. The molecule has 2 aromatic rings. The molecule has 0 amide bonds. The third-order valence-corrected chi connectivity index (χ3v) is 2.00. The van der Waals surface area contributed by atoms with Gasteiger partial charge < -0.3 is 18.8 Å². The maximum absolute atomic E-state index is 8.83. The van der Waals surface area contributed by atoms with Crippen LogP contribution in [0.4, 0.5) is 6.01 Å². The van der Waals surface area contributed by atoms with Crippen LogP contribution in [0.2, 0.25) is 0 Å². The zero-order valence-corrected chi connectivity index (χ0v) is 8.38. The van der Waals surface area contributed by atoms with Crippen molar-refractivity contribution in [2.24, 2.45) is 0 Å². The number of furan rings is 1. The van der Waals surface area contributed by atoms with E-state index in [4.69, 9.17) is 13.9 Å². The van der Waals surface area contributed by atoms with Gasteiger partial charge in [-0.3, -0.25) is 0 Å². The van der Waals surface area contributed by atoms with Gasteiger partial charge in [0.2, 0.25) is 0 Å². The summed E-state index contributed by atoms with van der Waals surface area (Å²) in [6.45, 7) is 0.469. The van der Waals surface area contributed by atoms with Gasteiger partial charge in [0.15, 0.2) is 0 Å². The van der Waals surface area contributed by atoms with E-state index in [0.29, 0.717) is 18.3 Å². The van der Waals surface area contributed by atoms with Crippen LogP contribution >= 0.6 is 0 Å². The fourth-order valence-corrected chi connectivity index (χ4v) is 1.25. The summed E-state index contributed by atoms with van der Waals surface area (Å²) in [6.07, 6.45) is 3.06. The van der Waals surface area contributed by atoms with Gasteiger partial charge in [-0.1, -0.05) is 0 Å². The maximum Gasteiger partial charge on any atom is 0.297 e. The molecule has 1 N–H and O–H groups in total. The summed E-state index contributed by atoms with van der Waals surface area (Å²) in [4.78, 5) is 5.88. The highest BCUT2D eigenvalue weighted by atomic mass is 16.4. The predicted molar refractivity (Wildman–Crippen MR) is 53.2 cm³/mol. The van der Waals surface area contributed by atoms with Crippen molar-refractivity contribution in [1.82, 2.24) is 4.98 Å². The summed E-state index contributed by atoms with van der Waals surface area (Å²) >= 11 is 0. The molecule has 2 heterocycles. The number of hydrogen-bond donors (Lipinski definition) is 1. The second-order valence-electron chi connectivity index (χ2n) is 3.21. The minimum Gasteiger partial charge on any atom is -0.467 e. The van der Waals surface area contributed by atoms with E-state index in [9.17, 15) is 0 Å². The van der Waals surface area contributed by atoms with Crippen molar-refractivity contribution in [2.45, 2.75) is 13.2 Å². The first-order valence-corrected chi connectivity index (χ1v) is 4.58. The molecular formula is C10H12N2O3. The van der Waals surface area contributed by atoms with E-state index in [-0.39, 0.29) is 6.61 Å². The molecule has 5 heteroatoms. The zero-order chi connectivity index (χ0) is 10.7. The van der Waals surface area contributed by atoms with Crippen LogP contribution in [-0.2, 0) is 13.2 Å². The summed E-state index contributed by atoms with van der Waals surface area (Å²) in [7, 11) is 1.84. The predicted octanol–water partition coefficient (Wildman–Crippen LogP) is 1.40. The van der Waals surface area contributed by atoms with Crippen LogP contribution in [0, 0.1) is 0 Å². The third-order valence-electron chi connectivity index (χ3n) is 2.00. The number of aliphatic hydroxyl groups is 1. The minimum atomic E-state index is -0.113. The van der Waals surface area contributed by atoms with E-state index in [2.05, 4.69) is 4.98 Å². The molecule has 0 aromatic carbocycles.